The van der Waals surface area contributed by atoms with Crippen molar-refractivity contribution in [3.63, 3.8) is 0 Å². The highest BCUT2D eigenvalue weighted by Gasteiger charge is 2.23. The summed E-state index contributed by atoms with van der Waals surface area (Å²) in [5.41, 5.74) is 1.28. The Labute approximate surface area is 117 Å². The second-order valence-electron chi connectivity index (χ2n) is 5.17. The molecule has 3 heterocycles. The molecule has 4 nitrogen and oxygen atoms in total. The third kappa shape index (κ3) is 2.32. The largest absolute Gasteiger partial charge is 0.376 e. The topological polar surface area (TPSA) is 47.0 Å². The first-order valence-corrected chi connectivity index (χ1v) is 7.57. The maximum Gasteiger partial charge on any atom is 0.138 e. The number of aryl methyl sites for hydroxylation is 2. The van der Waals surface area contributed by atoms with Gasteiger partial charge in [-0.25, -0.2) is 9.97 Å². The number of aromatic nitrogens is 2. The zero-order valence-corrected chi connectivity index (χ0v) is 12.4. The van der Waals surface area contributed by atoms with Crippen LogP contribution in [0.15, 0.2) is 6.33 Å². The first-order chi connectivity index (χ1) is 9.16. The number of rotatable bonds is 3. The normalized spacial score (nSPS) is 20.9. The lowest BCUT2D eigenvalue weighted by atomic mass is 10.1. The van der Waals surface area contributed by atoms with Crippen LogP contribution in [0.5, 0.6) is 0 Å². The van der Waals surface area contributed by atoms with Crippen LogP contribution in [0.3, 0.4) is 0 Å². The molecule has 2 aromatic rings. The average Bonchev–Trinajstić information content (AvgIpc) is 3.00. The summed E-state index contributed by atoms with van der Waals surface area (Å²) in [7, 11) is 0. The van der Waals surface area contributed by atoms with E-state index in [0.29, 0.717) is 6.10 Å². The van der Waals surface area contributed by atoms with Gasteiger partial charge in [0.15, 0.2) is 0 Å². The van der Waals surface area contributed by atoms with E-state index in [2.05, 4.69) is 36.1 Å². The minimum atomic E-state index is 0.278. The number of ether oxygens (including phenoxy) is 1. The summed E-state index contributed by atoms with van der Waals surface area (Å²) in [6.07, 6.45) is 4.23. The van der Waals surface area contributed by atoms with Gasteiger partial charge < -0.3 is 10.1 Å². The summed E-state index contributed by atoms with van der Waals surface area (Å²) in [6.45, 7) is 7.32. The molecule has 1 N–H and O–H groups in total. The smallest absolute Gasteiger partial charge is 0.138 e. The third-order valence-electron chi connectivity index (χ3n) is 3.85. The maximum absolute atomic E-state index is 5.73. The zero-order valence-electron chi connectivity index (χ0n) is 11.6. The molecule has 19 heavy (non-hydrogen) atoms. The number of fused-ring (bicyclic) bond motifs is 1. The molecular weight excluding hydrogens is 258 g/mol. The van der Waals surface area contributed by atoms with E-state index < -0.39 is 0 Å². The lowest BCUT2D eigenvalue weighted by Crippen LogP contribution is -2.30. The molecule has 102 valence electrons. The van der Waals surface area contributed by atoms with E-state index in [1.165, 1.54) is 10.4 Å². The highest BCUT2D eigenvalue weighted by Crippen LogP contribution is 2.33. The summed E-state index contributed by atoms with van der Waals surface area (Å²) in [4.78, 5) is 11.2. The van der Waals surface area contributed by atoms with Gasteiger partial charge in [-0.15, -0.1) is 11.3 Å². The summed E-state index contributed by atoms with van der Waals surface area (Å²) < 4.78 is 5.73. The van der Waals surface area contributed by atoms with Crippen LogP contribution in [-0.2, 0) is 4.74 Å². The van der Waals surface area contributed by atoms with Gasteiger partial charge in [-0.3, -0.25) is 0 Å². The quantitative estimate of drug-likeness (QED) is 0.935. The lowest BCUT2D eigenvalue weighted by Gasteiger charge is -2.21. The first kappa shape index (κ1) is 12.8. The minimum absolute atomic E-state index is 0.278. The van der Waals surface area contributed by atoms with Crippen molar-refractivity contribution in [2.24, 2.45) is 0 Å². The van der Waals surface area contributed by atoms with Gasteiger partial charge in [-0.05, 0) is 39.2 Å². The fourth-order valence-corrected chi connectivity index (χ4v) is 3.59. The number of hydrogen-bond acceptors (Lipinski definition) is 5. The van der Waals surface area contributed by atoms with Crippen LogP contribution in [0, 0.1) is 13.8 Å². The van der Waals surface area contributed by atoms with Crippen molar-refractivity contribution in [2.45, 2.75) is 45.8 Å². The van der Waals surface area contributed by atoms with Crippen molar-refractivity contribution in [1.29, 1.82) is 0 Å². The van der Waals surface area contributed by atoms with Crippen LogP contribution >= 0.6 is 11.3 Å². The van der Waals surface area contributed by atoms with Crippen molar-refractivity contribution < 1.29 is 4.74 Å². The molecule has 1 aliphatic rings. The highest BCUT2D eigenvalue weighted by molar-refractivity contribution is 7.18. The molecule has 0 aromatic carbocycles. The van der Waals surface area contributed by atoms with E-state index in [0.717, 1.165) is 35.5 Å². The standard InChI is InChI=1S/C14H19N3OS/c1-8-10(3)19-14-12(8)13(15-7-16-14)17-9(2)11-5-4-6-18-11/h7,9,11H,4-6H2,1-3H3,(H,15,16,17). The van der Waals surface area contributed by atoms with Gasteiger partial charge in [0.2, 0.25) is 0 Å². The van der Waals surface area contributed by atoms with Crippen molar-refractivity contribution in [2.75, 3.05) is 11.9 Å². The molecule has 0 aliphatic carbocycles. The molecule has 2 aromatic heterocycles. The summed E-state index contributed by atoms with van der Waals surface area (Å²) >= 11 is 1.73. The van der Waals surface area contributed by atoms with Crippen LogP contribution in [0.1, 0.15) is 30.2 Å². The molecule has 1 aliphatic heterocycles. The van der Waals surface area contributed by atoms with Crippen LogP contribution in [-0.4, -0.2) is 28.7 Å². The molecule has 0 bridgehead atoms. The van der Waals surface area contributed by atoms with Crippen LogP contribution in [0.2, 0.25) is 0 Å². The average molecular weight is 277 g/mol. The fourth-order valence-electron chi connectivity index (χ4n) is 2.60. The number of nitrogens with zero attached hydrogens (tertiary/aromatic N) is 2. The number of hydrogen-bond donors (Lipinski definition) is 1. The van der Waals surface area contributed by atoms with Crippen molar-refractivity contribution in [3.8, 4) is 0 Å². The van der Waals surface area contributed by atoms with Crippen LogP contribution < -0.4 is 5.32 Å². The highest BCUT2D eigenvalue weighted by atomic mass is 32.1. The predicted molar refractivity (Wildman–Crippen MR) is 78.9 cm³/mol. The van der Waals surface area contributed by atoms with Gasteiger partial charge in [0.1, 0.15) is 17.0 Å². The Hall–Kier alpha value is -1.20. The Morgan fingerprint density at radius 3 is 3.00 bits per heavy atom. The van der Waals surface area contributed by atoms with E-state index in [1.807, 2.05) is 0 Å². The Morgan fingerprint density at radius 1 is 1.42 bits per heavy atom. The molecule has 0 spiro atoms. The van der Waals surface area contributed by atoms with Gasteiger partial charge >= 0.3 is 0 Å². The Balaban J connectivity index is 1.91. The Kier molecular flexibility index (Phi) is 3.41. The van der Waals surface area contributed by atoms with Gasteiger partial charge in [0.25, 0.3) is 0 Å². The minimum Gasteiger partial charge on any atom is -0.376 e. The molecule has 5 heteroatoms. The van der Waals surface area contributed by atoms with Gasteiger partial charge in [0.05, 0.1) is 17.5 Å². The monoisotopic (exact) mass is 277 g/mol. The van der Waals surface area contributed by atoms with Crippen molar-refractivity contribution >= 4 is 27.4 Å². The van der Waals surface area contributed by atoms with Crippen LogP contribution in [0.25, 0.3) is 10.2 Å². The summed E-state index contributed by atoms with van der Waals surface area (Å²) in [6, 6.07) is 0.278. The van der Waals surface area contributed by atoms with E-state index in [1.54, 1.807) is 17.7 Å². The fraction of sp³-hybridized carbons (Fsp3) is 0.571. The maximum atomic E-state index is 5.73. The van der Waals surface area contributed by atoms with Gasteiger partial charge in [0, 0.05) is 11.5 Å². The Morgan fingerprint density at radius 2 is 2.26 bits per heavy atom. The molecule has 3 rings (SSSR count). The van der Waals surface area contributed by atoms with Gasteiger partial charge in [-0.2, -0.15) is 0 Å². The van der Waals surface area contributed by atoms with Crippen molar-refractivity contribution in [1.82, 2.24) is 9.97 Å². The molecule has 0 saturated carbocycles. The predicted octanol–water partition coefficient (Wildman–Crippen LogP) is 3.29. The third-order valence-corrected chi connectivity index (χ3v) is 4.97. The SMILES string of the molecule is Cc1sc2ncnc(NC(C)C3CCCO3)c2c1C. The number of thiophene rings is 1. The summed E-state index contributed by atoms with van der Waals surface area (Å²) in [5.74, 6) is 0.940. The lowest BCUT2D eigenvalue weighted by molar-refractivity contribution is 0.0996. The zero-order chi connectivity index (χ0) is 13.4. The molecule has 0 radical (unpaired) electrons. The van der Waals surface area contributed by atoms with E-state index in [-0.39, 0.29) is 6.04 Å². The molecule has 0 amide bonds. The van der Waals surface area contributed by atoms with Gasteiger partial charge in [-0.1, -0.05) is 0 Å². The molecule has 1 saturated heterocycles. The second-order valence-corrected chi connectivity index (χ2v) is 6.37. The molecule has 1 fully saturated rings. The number of anilines is 1. The van der Waals surface area contributed by atoms with Crippen molar-refractivity contribution in [3.05, 3.63) is 16.8 Å². The molecular formula is C14H19N3OS. The first-order valence-electron chi connectivity index (χ1n) is 6.75. The van der Waals surface area contributed by atoms with Crippen LogP contribution in [0.4, 0.5) is 5.82 Å². The Bertz CT molecular complexity index is 590. The molecule has 2 atom stereocenters. The van der Waals surface area contributed by atoms with E-state index in [9.17, 15) is 0 Å². The summed E-state index contributed by atoms with van der Waals surface area (Å²) in [5, 5.41) is 4.67. The molecule has 2 unspecified atom stereocenters. The number of nitrogens with one attached hydrogen (secondary N) is 1. The van der Waals surface area contributed by atoms with E-state index >= 15 is 0 Å². The second kappa shape index (κ2) is 5.06. The van der Waals surface area contributed by atoms with E-state index in [4.69, 9.17) is 4.74 Å².